The summed E-state index contributed by atoms with van der Waals surface area (Å²) in [6.45, 7) is 8.89. The molecule has 33 heavy (non-hydrogen) atoms. The van der Waals surface area contributed by atoms with Crippen LogP contribution in [-0.2, 0) is 4.79 Å². The average molecular weight is 441 g/mol. The van der Waals surface area contributed by atoms with E-state index < -0.39 is 11.7 Å². The molecule has 2 aromatic heterocycles. The van der Waals surface area contributed by atoms with Gasteiger partial charge in [-0.3, -0.25) is 19.4 Å². The maximum atomic E-state index is 13.1. The number of hydrogen-bond donors (Lipinski definition) is 1. The van der Waals surface area contributed by atoms with E-state index in [0.717, 1.165) is 5.56 Å². The topological polar surface area (TPSA) is 86.4 Å². The first-order valence-electron chi connectivity index (χ1n) is 10.7. The number of fused-ring (bicyclic) bond motifs is 1. The molecule has 4 rings (SSSR count). The third kappa shape index (κ3) is 4.28. The van der Waals surface area contributed by atoms with Crippen molar-refractivity contribution in [3.63, 3.8) is 0 Å². The molecule has 1 N–H and O–H groups in total. The summed E-state index contributed by atoms with van der Waals surface area (Å²) in [5.41, 5.74) is 3.96. The fourth-order valence-electron chi connectivity index (χ4n) is 3.99. The standard InChI is InChI=1S/C26H24N4O3/c1-4-8-17(2)20-15-18(3)28-23-21(16-27-22(20)23)24(31)26(33)30-13-11-29(12-14-30)25(32)19-9-6-5-7-10-19/h5-7,9-10,15-16,27H,2,11-14H2,1,3H3. The smallest absolute Gasteiger partial charge is 0.295 e. The fraction of sp³-hybridized carbons (Fsp3) is 0.231. The first kappa shape index (κ1) is 22.0. The third-order valence-electron chi connectivity index (χ3n) is 5.68. The number of nitrogens with zero attached hydrogens (tertiary/aromatic N) is 3. The number of amides is 2. The molecule has 3 aromatic rings. The van der Waals surface area contributed by atoms with Crippen LogP contribution in [0.1, 0.15) is 38.9 Å². The first-order chi connectivity index (χ1) is 15.9. The number of carbonyl (C=O) groups is 3. The second-order valence-corrected chi connectivity index (χ2v) is 7.87. The van der Waals surface area contributed by atoms with E-state index in [4.69, 9.17) is 0 Å². The van der Waals surface area contributed by atoms with Gasteiger partial charge < -0.3 is 14.8 Å². The number of piperazine rings is 1. The van der Waals surface area contributed by atoms with Gasteiger partial charge in [0.15, 0.2) is 0 Å². The molecule has 2 amide bonds. The Morgan fingerprint density at radius 1 is 1.03 bits per heavy atom. The SMILES string of the molecule is C=C(C#CC)c1cc(C)nc2c(C(=O)C(=O)N3CCN(C(=O)c4ccccc4)CC3)c[nH]c12. The minimum atomic E-state index is -0.625. The summed E-state index contributed by atoms with van der Waals surface area (Å²) in [5.74, 6) is 4.46. The maximum Gasteiger partial charge on any atom is 0.295 e. The van der Waals surface area contributed by atoms with Crippen molar-refractivity contribution < 1.29 is 14.4 Å². The molecule has 7 heteroatoms. The number of carbonyl (C=O) groups excluding carboxylic acids is 3. The Morgan fingerprint density at radius 2 is 1.70 bits per heavy atom. The van der Waals surface area contributed by atoms with Crippen LogP contribution in [0.3, 0.4) is 0 Å². The van der Waals surface area contributed by atoms with Crippen LogP contribution in [0, 0.1) is 18.8 Å². The Kier molecular flexibility index (Phi) is 6.09. The molecule has 3 heterocycles. The molecule has 0 saturated carbocycles. The van der Waals surface area contributed by atoms with Crippen LogP contribution < -0.4 is 0 Å². The van der Waals surface area contributed by atoms with Crippen molar-refractivity contribution in [2.45, 2.75) is 13.8 Å². The summed E-state index contributed by atoms with van der Waals surface area (Å²) in [7, 11) is 0. The molecule has 0 radical (unpaired) electrons. The van der Waals surface area contributed by atoms with Crippen molar-refractivity contribution in [1.29, 1.82) is 0 Å². The second kappa shape index (κ2) is 9.13. The molecule has 1 fully saturated rings. The largest absolute Gasteiger partial charge is 0.359 e. The minimum absolute atomic E-state index is 0.0757. The van der Waals surface area contributed by atoms with Crippen LogP contribution in [0.4, 0.5) is 0 Å². The molecule has 7 nitrogen and oxygen atoms in total. The van der Waals surface area contributed by atoms with Crippen LogP contribution in [0.25, 0.3) is 16.6 Å². The van der Waals surface area contributed by atoms with Crippen molar-refractivity contribution in [2.24, 2.45) is 0 Å². The predicted octanol–water partition coefficient (Wildman–Crippen LogP) is 3.08. The average Bonchev–Trinajstić information content (AvgIpc) is 3.26. The second-order valence-electron chi connectivity index (χ2n) is 7.87. The number of ketones is 1. The lowest BCUT2D eigenvalue weighted by molar-refractivity contribution is -0.127. The Balaban J connectivity index is 1.51. The lowest BCUT2D eigenvalue weighted by Crippen LogP contribution is -2.52. The van der Waals surface area contributed by atoms with Crippen molar-refractivity contribution in [1.82, 2.24) is 19.8 Å². The van der Waals surface area contributed by atoms with Crippen LogP contribution >= 0.6 is 0 Å². The van der Waals surface area contributed by atoms with Crippen molar-refractivity contribution in [3.05, 3.63) is 71.6 Å². The number of allylic oxidation sites excluding steroid dienone is 1. The summed E-state index contributed by atoms with van der Waals surface area (Å²) in [4.78, 5) is 49.5. The number of aryl methyl sites for hydroxylation is 1. The van der Waals surface area contributed by atoms with Gasteiger partial charge in [0.1, 0.15) is 5.52 Å². The molecular weight excluding hydrogens is 416 g/mol. The number of rotatable bonds is 4. The quantitative estimate of drug-likeness (QED) is 0.384. The van der Waals surface area contributed by atoms with E-state index in [1.54, 1.807) is 24.0 Å². The third-order valence-corrected chi connectivity index (χ3v) is 5.68. The zero-order chi connectivity index (χ0) is 23.5. The summed E-state index contributed by atoms with van der Waals surface area (Å²) in [6.07, 6.45) is 1.52. The van der Waals surface area contributed by atoms with Gasteiger partial charge in [-0.15, -0.1) is 5.92 Å². The van der Waals surface area contributed by atoms with Crippen molar-refractivity contribution in [3.8, 4) is 11.8 Å². The summed E-state index contributed by atoms with van der Waals surface area (Å²) in [5, 5.41) is 0. The highest BCUT2D eigenvalue weighted by Gasteiger charge is 2.30. The molecule has 1 aromatic carbocycles. The van der Waals surface area contributed by atoms with Gasteiger partial charge in [0.2, 0.25) is 0 Å². The van der Waals surface area contributed by atoms with E-state index in [0.29, 0.717) is 54.0 Å². The molecule has 1 aliphatic heterocycles. The van der Waals surface area contributed by atoms with Crippen LogP contribution in [0.15, 0.2) is 49.2 Å². The molecule has 0 aliphatic carbocycles. The lowest BCUT2D eigenvalue weighted by atomic mass is 10.0. The van der Waals surface area contributed by atoms with E-state index >= 15 is 0 Å². The zero-order valence-electron chi connectivity index (χ0n) is 18.6. The number of nitrogens with one attached hydrogen (secondary N) is 1. The highest BCUT2D eigenvalue weighted by atomic mass is 16.2. The summed E-state index contributed by atoms with van der Waals surface area (Å²) < 4.78 is 0. The van der Waals surface area contributed by atoms with Gasteiger partial charge in [0.25, 0.3) is 17.6 Å². The van der Waals surface area contributed by atoms with Gasteiger partial charge >= 0.3 is 0 Å². The van der Waals surface area contributed by atoms with Crippen LogP contribution in [0.2, 0.25) is 0 Å². The highest BCUT2D eigenvalue weighted by Crippen LogP contribution is 2.26. The van der Waals surface area contributed by atoms with Gasteiger partial charge in [-0.05, 0) is 32.0 Å². The number of H-pyrrole nitrogens is 1. The number of hydrogen-bond acceptors (Lipinski definition) is 4. The minimum Gasteiger partial charge on any atom is -0.359 e. The Hall–Kier alpha value is -4.18. The molecule has 0 spiro atoms. The molecule has 1 aliphatic rings. The van der Waals surface area contributed by atoms with E-state index in [-0.39, 0.29) is 11.5 Å². The van der Waals surface area contributed by atoms with E-state index in [2.05, 4.69) is 28.4 Å². The van der Waals surface area contributed by atoms with Crippen molar-refractivity contribution in [2.75, 3.05) is 26.2 Å². The lowest BCUT2D eigenvalue weighted by Gasteiger charge is -2.34. The Labute approximate surface area is 192 Å². The monoisotopic (exact) mass is 440 g/mol. The number of Topliss-reactive ketones (excluding diaryl/α,β-unsaturated/α-hetero) is 1. The van der Waals surface area contributed by atoms with E-state index in [9.17, 15) is 14.4 Å². The fourth-order valence-corrected chi connectivity index (χ4v) is 3.99. The molecule has 166 valence electrons. The highest BCUT2D eigenvalue weighted by molar-refractivity contribution is 6.44. The van der Waals surface area contributed by atoms with E-state index in [1.807, 2.05) is 31.2 Å². The Bertz CT molecular complexity index is 1320. The summed E-state index contributed by atoms with van der Waals surface area (Å²) >= 11 is 0. The van der Waals surface area contributed by atoms with Gasteiger partial charge in [-0.25, -0.2) is 0 Å². The molecule has 1 saturated heterocycles. The normalized spacial score (nSPS) is 13.4. The molecule has 0 atom stereocenters. The van der Waals surface area contributed by atoms with Crippen LogP contribution in [0.5, 0.6) is 0 Å². The number of aromatic amines is 1. The maximum absolute atomic E-state index is 13.1. The van der Waals surface area contributed by atoms with Gasteiger partial charge in [0.05, 0.1) is 11.1 Å². The summed E-state index contributed by atoms with van der Waals surface area (Å²) in [6, 6.07) is 10.9. The number of pyridine rings is 1. The van der Waals surface area contributed by atoms with Gasteiger partial charge in [-0.1, -0.05) is 30.7 Å². The Morgan fingerprint density at radius 3 is 2.36 bits per heavy atom. The molecular formula is C26H24N4O3. The van der Waals surface area contributed by atoms with E-state index in [1.165, 1.54) is 11.1 Å². The zero-order valence-corrected chi connectivity index (χ0v) is 18.6. The molecule has 0 bridgehead atoms. The van der Waals surface area contributed by atoms with Gasteiger partial charge in [-0.2, -0.15) is 0 Å². The molecule has 0 unspecified atom stereocenters. The predicted molar refractivity (Wildman–Crippen MR) is 127 cm³/mol. The van der Waals surface area contributed by atoms with Crippen LogP contribution in [-0.4, -0.2) is 63.5 Å². The number of benzene rings is 1. The van der Waals surface area contributed by atoms with Gasteiger partial charge in [0, 0.05) is 54.8 Å². The first-order valence-corrected chi connectivity index (χ1v) is 10.7. The number of aromatic nitrogens is 2. The van der Waals surface area contributed by atoms with Crippen molar-refractivity contribution >= 4 is 34.2 Å².